The Labute approximate surface area is 175 Å². The van der Waals surface area contributed by atoms with Gasteiger partial charge in [0.25, 0.3) is 0 Å². The van der Waals surface area contributed by atoms with Crippen molar-refractivity contribution >= 4 is 29.0 Å². The lowest BCUT2D eigenvalue weighted by molar-refractivity contribution is -0.115. The van der Waals surface area contributed by atoms with Gasteiger partial charge in [0.1, 0.15) is 11.6 Å². The predicted molar refractivity (Wildman–Crippen MR) is 119 cm³/mol. The summed E-state index contributed by atoms with van der Waals surface area (Å²) in [7, 11) is 0. The van der Waals surface area contributed by atoms with Gasteiger partial charge in [0, 0.05) is 23.4 Å². The van der Waals surface area contributed by atoms with Gasteiger partial charge in [-0.1, -0.05) is 37.8 Å². The minimum absolute atomic E-state index is 0.0729. The van der Waals surface area contributed by atoms with Gasteiger partial charge in [-0.15, -0.1) is 0 Å². The highest BCUT2D eigenvalue weighted by atomic mass is 19.1. The largest absolute Gasteiger partial charge is 0.353 e. The second-order valence-corrected chi connectivity index (χ2v) is 7.12. The normalized spacial score (nSPS) is 10.5. The first-order valence-electron chi connectivity index (χ1n) is 9.76. The fourth-order valence-electron chi connectivity index (χ4n) is 3.26. The lowest BCUT2D eigenvalue weighted by Gasteiger charge is -2.16. The Balaban J connectivity index is 1.93. The van der Waals surface area contributed by atoms with E-state index in [1.165, 1.54) is 18.2 Å². The van der Waals surface area contributed by atoms with Crippen molar-refractivity contribution in [2.24, 2.45) is 0 Å². The zero-order valence-electron chi connectivity index (χ0n) is 17.1. The Morgan fingerprint density at radius 1 is 1.07 bits per heavy atom. The number of amides is 1. The number of benzene rings is 3. The van der Waals surface area contributed by atoms with Gasteiger partial charge in [0.2, 0.25) is 5.91 Å². The summed E-state index contributed by atoms with van der Waals surface area (Å²) >= 11 is 0. The molecule has 0 heterocycles. The van der Waals surface area contributed by atoms with Crippen LogP contribution in [0.25, 0.3) is 6.08 Å². The molecule has 3 rings (SSSR count). The molecule has 154 valence electrons. The van der Waals surface area contributed by atoms with E-state index in [-0.39, 0.29) is 11.6 Å². The second-order valence-electron chi connectivity index (χ2n) is 7.12. The van der Waals surface area contributed by atoms with Crippen molar-refractivity contribution in [3.63, 3.8) is 0 Å². The Kier molecular flexibility index (Phi) is 6.62. The summed E-state index contributed by atoms with van der Waals surface area (Å²) in [6, 6.07) is 15.0. The number of aryl methyl sites for hydroxylation is 1. The summed E-state index contributed by atoms with van der Waals surface area (Å²) in [5, 5.41) is 5.81. The van der Waals surface area contributed by atoms with E-state index < -0.39 is 11.6 Å². The van der Waals surface area contributed by atoms with E-state index in [0.29, 0.717) is 35.3 Å². The van der Waals surface area contributed by atoms with Crippen LogP contribution >= 0.6 is 0 Å². The molecule has 0 fully saturated rings. The number of hydrogen-bond donors (Lipinski definition) is 2. The fraction of sp³-hybridized carbons (Fsp3) is 0.160. The molecule has 0 saturated heterocycles. The van der Waals surface area contributed by atoms with E-state index in [9.17, 15) is 13.6 Å². The van der Waals surface area contributed by atoms with E-state index in [2.05, 4.69) is 17.2 Å². The van der Waals surface area contributed by atoms with E-state index in [1.54, 1.807) is 32.1 Å². The molecule has 1 amide bonds. The van der Waals surface area contributed by atoms with Crippen LogP contribution in [0.5, 0.6) is 0 Å². The number of anilines is 3. The number of carbonyl (C=O) groups excluding carboxylic acids is 1. The van der Waals surface area contributed by atoms with Crippen LogP contribution in [0.2, 0.25) is 0 Å². The molecule has 0 aromatic heterocycles. The van der Waals surface area contributed by atoms with E-state index in [4.69, 9.17) is 0 Å². The molecule has 0 atom stereocenters. The first-order valence-corrected chi connectivity index (χ1v) is 9.76. The molecule has 3 aromatic carbocycles. The van der Waals surface area contributed by atoms with Crippen molar-refractivity contribution in [1.29, 1.82) is 0 Å². The van der Waals surface area contributed by atoms with Crippen LogP contribution in [0.3, 0.4) is 0 Å². The molecule has 0 saturated carbocycles. The Morgan fingerprint density at radius 2 is 1.87 bits per heavy atom. The smallest absolute Gasteiger partial charge is 0.224 e. The minimum Gasteiger partial charge on any atom is -0.353 e. The van der Waals surface area contributed by atoms with Gasteiger partial charge in [-0.25, -0.2) is 8.78 Å². The molecule has 0 spiro atoms. The maximum Gasteiger partial charge on any atom is 0.224 e. The Hall–Kier alpha value is -3.47. The zero-order chi connectivity index (χ0) is 21.7. The van der Waals surface area contributed by atoms with Gasteiger partial charge in [-0.2, -0.15) is 0 Å². The van der Waals surface area contributed by atoms with Crippen LogP contribution in [0, 0.1) is 18.6 Å². The number of nitrogens with one attached hydrogen (secondary N) is 2. The third kappa shape index (κ3) is 5.11. The Morgan fingerprint density at radius 3 is 2.57 bits per heavy atom. The summed E-state index contributed by atoms with van der Waals surface area (Å²) in [6.07, 6.45) is 2.45. The van der Waals surface area contributed by atoms with Crippen LogP contribution in [-0.2, 0) is 11.2 Å². The molecule has 0 unspecified atom stereocenters. The third-order valence-corrected chi connectivity index (χ3v) is 4.75. The second kappa shape index (κ2) is 9.35. The summed E-state index contributed by atoms with van der Waals surface area (Å²) in [5.41, 5.74) is 4.51. The summed E-state index contributed by atoms with van der Waals surface area (Å²) in [5.74, 6) is -0.910. The predicted octanol–water partition coefficient (Wildman–Crippen LogP) is 6.60. The molecular weight excluding hydrogens is 382 g/mol. The number of halogens is 2. The monoisotopic (exact) mass is 406 g/mol. The van der Waals surface area contributed by atoms with Crippen LogP contribution in [-0.4, -0.2) is 5.91 Å². The van der Waals surface area contributed by atoms with Crippen molar-refractivity contribution < 1.29 is 13.6 Å². The average molecular weight is 406 g/mol. The van der Waals surface area contributed by atoms with E-state index >= 15 is 0 Å². The molecule has 30 heavy (non-hydrogen) atoms. The van der Waals surface area contributed by atoms with Gasteiger partial charge in [0.15, 0.2) is 0 Å². The summed E-state index contributed by atoms with van der Waals surface area (Å²) in [6.45, 7) is 7.45. The minimum atomic E-state index is -0.430. The highest BCUT2D eigenvalue weighted by molar-refractivity contribution is 5.90. The third-order valence-electron chi connectivity index (χ3n) is 4.75. The maximum absolute atomic E-state index is 14.4. The lowest BCUT2D eigenvalue weighted by Crippen LogP contribution is -2.09. The number of rotatable bonds is 7. The highest BCUT2D eigenvalue weighted by Gasteiger charge is 2.12. The highest BCUT2D eigenvalue weighted by Crippen LogP contribution is 2.30. The number of carbonyl (C=O) groups is 1. The maximum atomic E-state index is 14.4. The van der Waals surface area contributed by atoms with Gasteiger partial charge in [0.05, 0.1) is 5.69 Å². The van der Waals surface area contributed by atoms with E-state index in [1.807, 2.05) is 24.3 Å². The number of hydrogen-bond acceptors (Lipinski definition) is 2. The van der Waals surface area contributed by atoms with E-state index in [0.717, 1.165) is 11.1 Å². The molecule has 0 aliphatic heterocycles. The summed E-state index contributed by atoms with van der Waals surface area (Å²) in [4.78, 5) is 11.6. The van der Waals surface area contributed by atoms with Crippen LogP contribution < -0.4 is 10.6 Å². The van der Waals surface area contributed by atoms with Crippen molar-refractivity contribution in [1.82, 2.24) is 0 Å². The first-order chi connectivity index (χ1) is 14.4. The van der Waals surface area contributed by atoms with Crippen LogP contribution in [0.15, 0.2) is 61.2 Å². The van der Waals surface area contributed by atoms with Crippen molar-refractivity contribution in [2.45, 2.75) is 26.7 Å². The van der Waals surface area contributed by atoms with Crippen molar-refractivity contribution in [3.05, 3.63) is 95.1 Å². The molecule has 2 N–H and O–H groups in total. The molecule has 0 aliphatic carbocycles. The van der Waals surface area contributed by atoms with Gasteiger partial charge >= 0.3 is 0 Å². The average Bonchev–Trinajstić information content (AvgIpc) is 2.70. The molecule has 0 bridgehead atoms. The first kappa shape index (κ1) is 21.2. The van der Waals surface area contributed by atoms with Crippen molar-refractivity contribution in [3.8, 4) is 0 Å². The standard InChI is InChI=1S/C25H24F2N2O/c1-4-21-18(12-17-7-6-8-20(13-17)28-25(30)5-2)14-19(26)15-24(21)29-23-10-9-16(3)11-22(23)27/h4,6-11,13-15,29H,1,5,12H2,2-3H3,(H,28,30). The SMILES string of the molecule is C=Cc1c(Cc2cccc(NC(=O)CC)c2)cc(F)cc1Nc1ccc(C)cc1F. The van der Waals surface area contributed by atoms with Crippen LogP contribution in [0.4, 0.5) is 25.8 Å². The molecule has 0 aliphatic rings. The van der Waals surface area contributed by atoms with Crippen LogP contribution in [0.1, 0.15) is 35.6 Å². The van der Waals surface area contributed by atoms with Gasteiger partial charge < -0.3 is 10.6 Å². The molecule has 3 nitrogen and oxygen atoms in total. The molecule has 5 heteroatoms. The lowest BCUT2D eigenvalue weighted by atomic mass is 9.97. The molecule has 0 radical (unpaired) electrons. The van der Waals surface area contributed by atoms with Gasteiger partial charge in [-0.3, -0.25) is 4.79 Å². The molecular formula is C25H24F2N2O. The molecule has 3 aromatic rings. The van der Waals surface area contributed by atoms with Gasteiger partial charge in [-0.05, 0) is 66.4 Å². The topological polar surface area (TPSA) is 41.1 Å². The quantitative estimate of drug-likeness (QED) is 0.464. The zero-order valence-corrected chi connectivity index (χ0v) is 17.1. The van der Waals surface area contributed by atoms with Crippen molar-refractivity contribution in [2.75, 3.05) is 10.6 Å². The summed E-state index contributed by atoms with van der Waals surface area (Å²) < 4.78 is 28.7. The Bertz CT molecular complexity index is 1090. The fourth-order valence-corrected chi connectivity index (χ4v) is 3.26.